The molecule has 0 spiro atoms. The van der Waals surface area contributed by atoms with Crippen LogP contribution in [0.5, 0.6) is 0 Å². The van der Waals surface area contributed by atoms with Gasteiger partial charge >= 0.3 is 12.0 Å². The molecule has 0 bridgehead atoms. The van der Waals surface area contributed by atoms with Gasteiger partial charge in [-0.15, -0.1) is 11.3 Å². The van der Waals surface area contributed by atoms with Crippen LogP contribution in [-0.4, -0.2) is 44.8 Å². The minimum absolute atomic E-state index is 0.0776. The lowest BCUT2D eigenvalue weighted by molar-refractivity contribution is -0.134. The highest BCUT2D eigenvalue weighted by Crippen LogP contribution is 2.26. The molecular formula is C23H20N4O5S. The molecule has 10 heteroatoms. The smallest absolute Gasteiger partial charge is 0.355 e. The molecule has 1 saturated heterocycles. The minimum Gasteiger partial charge on any atom is -0.476 e. The van der Waals surface area contributed by atoms with Crippen LogP contribution in [0.25, 0.3) is 0 Å². The summed E-state index contributed by atoms with van der Waals surface area (Å²) in [6.07, 6.45) is 0.637. The zero-order valence-corrected chi connectivity index (χ0v) is 18.1. The zero-order valence-electron chi connectivity index (χ0n) is 17.3. The third-order valence-electron chi connectivity index (χ3n) is 5.22. The Balaban J connectivity index is 1.58. The van der Waals surface area contributed by atoms with Gasteiger partial charge in [0.25, 0.3) is 5.91 Å². The van der Waals surface area contributed by atoms with Crippen LogP contribution in [0.3, 0.4) is 0 Å². The van der Waals surface area contributed by atoms with E-state index in [0.717, 1.165) is 21.8 Å². The Morgan fingerprint density at radius 2 is 1.76 bits per heavy atom. The molecule has 2 aromatic carbocycles. The van der Waals surface area contributed by atoms with Gasteiger partial charge in [0, 0.05) is 5.38 Å². The van der Waals surface area contributed by atoms with Crippen LogP contribution in [-0.2, 0) is 16.0 Å². The average Bonchev–Trinajstić information content (AvgIpc) is 3.40. The van der Waals surface area contributed by atoms with Crippen molar-refractivity contribution in [3.8, 4) is 0 Å². The van der Waals surface area contributed by atoms with Crippen LogP contribution in [0.4, 0.5) is 9.93 Å². The van der Waals surface area contributed by atoms with Crippen molar-refractivity contribution in [2.75, 3.05) is 5.32 Å². The Morgan fingerprint density at radius 3 is 2.39 bits per heavy atom. The van der Waals surface area contributed by atoms with Crippen molar-refractivity contribution in [2.45, 2.75) is 24.9 Å². The van der Waals surface area contributed by atoms with E-state index in [1.54, 1.807) is 30.3 Å². The molecular weight excluding hydrogens is 444 g/mol. The molecule has 1 aliphatic rings. The summed E-state index contributed by atoms with van der Waals surface area (Å²) in [5.41, 5.74) is 1.37. The second-order valence-corrected chi connectivity index (χ2v) is 8.23. The Bertz CT molecular complexity index is 1180. The van der Waals surface area contributed by atoms with E-state index in [1.807, 2.05) is 30.3 Å². The largest absolute Gasteiger partial charge is 0.476 e. The zero-order chi connectivity index (χ0) is 23.4. The number of benzene rings is 2. The van der Waals surface area contributed by atoms with Gasteiger partial charge in [-0.3, -0.25) is 9.59 Å². The highest BCUT2D eigenvalue weighted by molar-refractivity contribution is 7.14. The summed E-state index contributed by atoms with van der Waals surface area (Å²) < 4.78 is 0. The van der Waals surface area contributed by atoms with E-state index in [2.05, 4.69) is 15.6 Å². The molecule has 2 heterocycles. The molecule has 2 atom stereocenters. The Hall–Kier alpha value is -4.05. The lowest BCUT2D eigenvalue weighted by Crippen LogP contribution is -2.48. The quantitative estimate of drug-likeness (QED) is 0.440. The van der Waals surface area contributed by atoms with Gasteiger partial charge < -0.3 is 15.7 Å². The maximum Gasteiger partial charge on any atom is 0.355 e. The topological polar surface area (TPSA) is 129 Å². The second kappa shape index (κ2) is 9.61. The molecule has 1 aliphatic heterocycles. The van der Waals surface area contributed by atoms with E-state index in [-0.39, 0.29) is 17.2 Å². The van der Waals surface area contributed by atoms with Gasteiger partial charge in [0.1, 0.15) is 12.1 Å². The highest BCUT2D eigenvalue weighted by atomic mass is 32.1. The SMILES string of the molecule is O=C(O)c1csc(NC(=O)C(CCc2ccccc2)N2C(=O)N[C@@H](c3ccccc3)C2=O)n1. The molecule has 33 heavy (non-hydrogen) atoms. The molecule has 168 valence electrons. The number of thiazole rings is 1. The van der Waals surface area contributed by atoms with Crippen molar-refractivity contribution >= 4 is 40.3 Å². The number of aromatic carboxylic acids is 1. The molecule has 1 aromatic heterocycles. The molecule has 9 nitrogen and oxygen atoms in total. The molecule has 1 unspecified atom stereocenters. The van der Waals surface area contributed by atoms with Crippen molar-refractivity contribution in [1.29, 1.82) is 0 Å². The molecule has 0 aliphatic carbocycles. The van der Waals surface area contributed by atoms with Gasteiger partial charge in [-0.1, -0.05) is 60.7 Å². The van der Waals surface area contributed by atoms with E-state index in [1.165, 1.54) is 5.38 Å². The van der Waals surface area contributed by atoms with Crippen LogP contribution in [0.2, 0.25) is 0 Å². The summed E-state index contributed by atoms with van der Waals surface area (Å²) in [7, 11) is 0. The number of aryl methyl sites for hydroxylation is 1. The molecule has 3 N–H and O–H groups in total. The molecule has 1 fully saturated rings. The van der Waals surface area contributed by atoms with Gasteiger partial charge in [0.15, 0.2) is 10.8 Å². The first kappa shape index (κ1) is 22.2. The van der Waals surface area contributed by atoms with Crippen molar-refractivity contribution in [1.82, 2.24) is 15.2 Å². The summed E-state index contributed by atoms with van der Waals surface area (Å²) in [4.78, 5) is 55.0. The third-order valence-corrected chi connectivity index (χ3v) is 5.98. The Morgan fingerprint density at radius 1 is 1.09 bits per heavy atom. The van der Waals surface area contributed by atoms with E-state index >= 15 is 0 Å². The minimum atomic E-state index is -1.22. The molecule has 0 radical (unpaired) electrons. The van der Waals surface area contributed by atoms with Crippen LogP contribution in [0, 0.1) is 0 Å². The number of carbonyl (C=O) groups excluding carboxylic acids is 3. The normalized spacial score (nSPS) is 16.4. The Kier molecular flexibility index (Phi) is 6.45. The number of anilines is 1. The summed E-state index contributed by atoms with van der Waals surface area (Å²) in [5.74, 6) is -2.36. The van der Waals surface area contributed by atoms with Crippen molar-refractivity contribution < 1.29 is 24.3 Å². The number of nitrogens with one attached hydrogen (secondary N) is 2. The van der Waals surface area contributed by atoms with E-state index in [0.29, 0.717) is 12.0 Å². The highest BCUT2D eigenvalue weighted by Gasteiger charge is 2.45. The number of carboxylic acid groups (broad SMARTS) is 1. The van der Waals surface area contributed by atoms with Crippen LogP contribution >= 0.6 is 11.3 Å². The fourth-order valence-corrected chi connectivity index (χ4v) is 4.29. The molecule has 0 saturated carbocycles. The number of urea groups is 1. The standard InChI is InChI=1S/C23H20N4O5S/c28-19(26-22-24-16(13-33-22)21(30)31)17(12-11-14-7-3-1-4-8-14)27-20(29)18(25-23(27)32)15-9-5-2-6-10-15/h1-10,13,17-18H,11-12H2,(H,25,32)(H,30,31)(H,24,26,28)/t17?,18-/m0/s1. The number of aromatic nitrogens is 1. The number of hydrogen-bond acceptors (Lipinski definition) is 6. The summed E-state index contributed by atoms with van der Waals surface area (Å²) >= 11 is 0.952. The van der Waals surface area contributed by atoms with Gasteiger partial charge in [-0.05, 0) is 24.0 Å². The number of rotatable bonds is 8. The number of amides is 4. The first-order valence-electron chi connectivity index (χ1n) is 10.2. The summed E-state index contributed by atoms with van der Waals surface area (Å²) in [6, 6.07) is 15.5. The molecule has 3 aromatic rings. The van der Waals surface area contributed by atoms with Crippen LogP contribution in [0.1, 0.15) is 34.1 Å². The van der Waals surface area contributed by atoms with Crippen LogP contribution in [0.15, 0.2) is 66.0 Å². The fraction of sp³-hybridized carbons (Fsp3) is 0.174. The maximum absolute atomic E-state index is 13.2. The van der Waals surface area contributed by atoms with Gasteiger partial charge in [-0.2, -0.15) is 0 Å². The summed E-state index contributed by atoms with van der Waals surface area (Å²) in [6.45, 7) is 0. The number of nitrogens with zero attached hydrogens (tertiary/aromatic N) is 2. The van der Waals surface area contributed by atoms with E-state index in [4.69, 9.17) is 5.11 Å². The second-order valence-electron chi connectivity index (χ2n) is 7.37. The molecule has 4 rings (SSSR count). The lowest BCUT2D eigenvalue weighted by Gasteiger charge is -2.24. The predicted molar refractivity (Wildman–Crippen MR) is 121 cm³/mol. The summed E-state index contributed by atoms with van der Waals surface area (Å²) in [5, 5.41) is 15.6. The van der Waals surface area contributed by atoms with Crippen molar-refractivity contribution in [2.24, 2.45) is 0 Å². The number of carboxylic acids is 1. The first-order valence-corrected chi connectivity index (χ1v) is 11.0. The van der Waals surface area contributed by atoms with Gasteiger partial charge in [0.05, 0.1) is 0 Å². The lowest BCUT2D eigenvalue weighted by atomic mass is 10.0. The number of imide groups is 1. The van der Waals surface area contributed by atoms with Crippen LogP contribution < -0.4 is 10.6 Å². The average molecular weight is 465 g/mol. The maximum atomic E-state index is 13.2. The van der Waals surface area contributed by atoms with Gasteiger partial charge in [-0.25, -0.2) is 19.5 Å². The first-order chi connectivity index (χ1) is 15.9. The monoisotopic (exact) mass is 464 g/mol. The third kappa shape index (κ3) is 4.90. The Labute approximate surface area is 193 Å². The molecule has 4 amide bonds. The van der Waals surface area contributed by atoms with Crippen molar-refractivity contribution in [3.05, 3.63) is 82.9 Å². The number of carbonyl (C=O) groups is 4. The predicted octanol–water partition coefficient (Wildman–Crippen LogP) is 3.07. The van der Waals surface area contributed by atoms with E-state index < -0.39 is 35.9 Å². The van der Waals surface area contributed by atoms with E-state index in [9.17, 15) is 19.2 Å². The van der Waals surface area contributed by atoms with Gasteiger partial charge in [0.2, 0.25) is 5.91 Å². The number of hydrogen-bond donors (Lipinski definition) is 3. The fourth-order valence-electron chi connectivity index (χ4n) is 3.60. The van der Waals surface area contributed by atoms with Crippen molar-refractivity contribution in [3.63, 3.8) is 0 Å².